The summed E-state index contributed by atoms with van der Waals surface area (Å²) >= 11 is 1.79. The zero-order valence-corrected chi connectivity index (χ0v) is 14.2. The molecular formula is C18H22N2O2S. The number of unbranched alkanes of at least 4 members (excludes halogenated alkanes) is 1. The number of rotatable bonds is 10. The first-order valence-corrected chi connectivity index (χ1v) is 8.61. The summed E-state index contributed by atoms with van der Waals surface area (Å²) in [6.07, 6.45) is 2.28. The minimum Gasteiger partial charge on any atom is -0.493 e. The molecule has 0 radical (unpaired) electrons. The van der Waals surface area contributed by atoms with E-state index in [2.05, 4.69) is 28.9 Å². The Morgan fingerprint density at radius 1 is 1.26 bits per heavy atom. The molecule has 1 heterocycles. The zero-order valence-electron chi connectivity index (χ0n) is 13.4. The fraction of sp³-hybridized carbons (Fsp3) is 0.389. The van der Waals surface area contributed by atoms with Gasteiger partial charge in [-0.1, -0.05) is 12.1 Å². The Hall–Kier alpha value is -2.03. The van der Waals surface area contributed by atoms with E-state index >= 15 is 0 Å². The van der Waals surface area contributed by atoms with Crippen LogP contribution in [0.2, 0.25) is 0 Å². The van der Waals surface area contributed by atoms with Gasteiger partial charge in [0.1, 0.15) is 0 Å². The van der Waals surface area contributed by atoms with Crippen molar-refractivity contribution in [3.63, 3.8) is 0 Å². The van der Waals surface area contributed by atoms with Crippen molar-refractivity contribution < 1.29 is 9.47 Å². The van der Waals surface area contributed by atoms with Crippen molar-refractivity contribution in [2.24, 2.45) is 0 Å². The highest BCUT2D eigenvalue weighted by atomic mass is 32.1. The molecule has 0 aliphatic rings. The Bertz CT molecular complexity index is 620. The molecule has 0 amide bonds. The van der Waals surface area contributed by atoms with Crippen LogP contribution in [0, 0.1) is 11.3 Å². The Labute approximate surface area is 141 Å². The van der Waals surface area contributed by atoms with Gasteiger partial charge in [-0.15, -0.1) is 11.3 Å². The molecule has 1 aromatic carbocycles. The monoisotopic (exact) mass is 330 g/mol. The standard InChI is InChI=1S/C18H22N2O2S/c1-21-17-7-6-15(13-18(17)22-11-3-2-9-19)14-20-10-8-16-5-4-12-23-16/h4-7,12-13,20H,2-3,8,10-11,14H2,1H3. The molecule has 0 saturated carbocycles. The Kier molecular flexibility index (Phi) is 7.44. The van der Waals surface area contributed by atoms with Crippen LogP contribution >= 0.6 is 11.3 Å². The summed E-state index contributed by atoms with van der Waals surface area (Å²) in [5.74, 6) is 1.47. The summed E-state index contributed by atoms with van der Waals surface area (Å²) in [6.45, 7) is 2.27. The molecule has 5 heteroatoms. The van der Waals surface area contributed by atoms with Crippen molar-refractivity contribution >= 4 is 11.3 Å². The maximum absolute atomic E-state index is 8.56. The van der Waals surface area contributed by atoms with E-state index in [0.717, 1.165) is 43.0 Å². The average molecular weight is 330 g/mol. The summed E-state index contributed by atoms with van der Waals surface area (Å²) < 4.78 is 11.1. The fourth-order valence-corrected chi connectivity index (χ4v) is 2.89. The molecule has 0 unspecified atom stereocenters. The topological polar surface area (TPSA) is 54.3 Å². The first-order valence-electron chi connectivity index (χ1n) is 7.73. The minimum atomic E-state index is 0.506. The van der Waals surface area contributed by atoms with Crippen LogP contribution in [0.15, 0.2) is 35.7 Å². The highest BCUT2D eigenvalue weighted by Gasteiger charge is 2.06. The quantitative estimate of drug-likeness (QED) is 0.674. The number of nitrogens with one attached hydrogen (secondary N) is 1. The van der Waals surface area contributed by atoms with E-state index in [1.807, 2.05) is 18.2 Å². The number of hydrogen-bond acceptors (Lipinski definition) is 5. The molecule has 0 aliphatic heterocycles. The minimum absolute atomic E-state index is 0.506. The van der Waals surface area contributed by atoms with Gasteiger partial charge in [0.15, 0.2) is 11.5 Å². The molecule has 23 heavy (non-hydrogen) atoms. The summed E-state index contributed by atoms with van der Waals surface area (Å²) in [5, 5.41) is 14.1. The van der Waals surface area contributed by atoms with Crippen molar-refractivity contribution in [3.8, 4) is 17.6 Å². The third kappa shape index (κ3) is 5.93. The molecule has 4 nitrogen and oxygen atoms in total. The van der Waals surface area contributed by atoms with E-state index in [4.69, 9.17) is 14.7 Å². The first kappa shape index (κ1) is 17.3. The van der Waals surface area contributed by atoms with Crippen molar-refractivity contribution in [1.29, 1.82) is 5.26 Å². The van der Waals surface area contributed by atoms with E-state index in [9.17, 15) is 0 Å². The van der Waals surface area contributed by atoms with E-state index in [-0.39, 0.29) is 0 Å². The predicted molar refractivity (Wildman–Crippen MR) is 93.1 cm³/mol. The van der Waals surface area contributed by atoms with Gasteiger partial charge < -0.3 is 14.8 Å². The molecule has 2 rings (SSSR count). The summed E-state index contributed by atoms with van der Waals surface area (Å²) in [4.78, 5) is 1.40. The molecule has 2 aromatic rings. The van der Waals surface area contributed by atoms with Crippen LogP contribution in [0.5, 0.6) is 11.5 Å². The van der Waals surface area contributed by atoms with Gasteiger partial charge in [-0.3, -0.25) is 0 Å². The second-order valence-corrected chi connectivity index (χ2v) is 6.13. The van der Waals surface area contributed by atoms with Crippen LogP contribution in [-0.2, 0) is 13.0 Å². The second kappa shape index (κ2) is 9.88. The third-order valence-corrected chi connectivity index (χ3v) is 4.31. The first-order chi connectivity index (χ1) is 11.3. The van der Waals surface area contributed by atoms with Crippen LogP contribution in [-0.4, -0.2) is 20.3 Å². The summed E-state index contributed by atoms with van der Waals surface area (Å²) in [5.41, 5.74) is 1.16. The van der Waals surface area contributed by atoms with Crippen molar-refractivity contribution in [2.75, 3.05) is 20.3 Å². The van der Waals surface area contributed by atoms with Gasteiger partial charge in [0, 0.05) is 24.4 Å². The number of nitriles is 1. The highest BCUT2D eigenvalue weighted by Crippen LogP contribution is 2.28. The van der Waals surface area contributed by atoms with Gasteiger partial charge in [-0.2, -0.15) is 5.26 Å². The molecule has 0 aliphatic carbocycles. The van der Waals surface area contributed by atoms with Gasteiger partial charge in [-0.25, -0.2) is 0 Å². The summed E-state index contributed by atoms with van der Waals surface area (Å²) in [6, 6.07) is 12.3. The lowest BCUT2D eigenvalue weighted by Crippen LogP contribution is -2.16. The normalized spacial score (nSPS) is 10.3. The number of ether oxygens (including phenoxy) is 2. The molecule has 1 N–H and O–H groups in total. The number of nitrogens with zero attached hydrogens (tertiary/aromatic N) is 1. The van der Waals surface area contributed by atoms with Crippen LogP contribution in [0.4, 0.5) is 0 Å². The van der Waals surface area contributed by atoms with E-state index < -0.39 is 0 Å². The van der Waals surface area contributed by atoms with E-state index in [1.54, 1.807) is 18.4 Å². The van der Waals surface area contributed by atoms with Gasteiger partial charge in [0.05, 0.1) is 19.8 Å². The van der Waals surface area contributed by atoms with Crippen LogP contribution < -0.4 is 14.8 Å². The lowest BCUT2D eigenvalue weighted by atomic mass is 10.2. The molecular weight excluding hydrogens is 308 g/mol. The van der Waals surface area contributed by atoms with Crippen LogP contribution in [0.3, 0.4) is 0 Å². The second-order valence-electron chi connectivity index (χ2n) is 5.10. The summed E-state index contributed by atoms with van der Waals surface area (Å²) in [7, 11) is 1.64. The third-order valence-electron chi connectivity index (χ3n) is 3.38. The maximum Gasteiger partial charge on any atom is 0.161 e. The smallest absolute Gasteiger partial charge is 0.161 e. The van der Waals surface area contributed by atoms with Crippen molar-refractivity contribution in [1.82, 2.24) is 5.32 Å². The van der Waals surface area contributed by atoms with Crippen LogP contribution in [0.25, 0.3) is 0 Å². The van der Waals surface area contributed by atoms with Gasteiger partial charge in [0.2, 0.25) is 0 Å². The molecule has 122 valence electrons. The highest BCUT2D eigenvalue weighted by molar-refractivity contribution is 7.09. The van der Waals surface area contributed by atoms with Gasteiger partial charge in [-0.05, 0) is 42.0 Å². The maximum atomic E-state index is 8.56. The van der Waals surface area contributed by atoms with Gasteiger partial charge >= 0.3 is 0 Å². The molecule has 0 spiro atoms. The number of hydrogen-bond donors (Lipinski definition) is 1. The lowest BCUT2D eigenvalue weighted by molar-refractivity contribution is 0.290. The van der Waals surface area contributed by atoms with Crippen molar-refractivity contribution in [3.05, 3.63) is 46.2 Å². The predicted octanol–water partition coefficient (Wildman–Crippen LogP) is 3.77. The number of methoxy groups -OCH3 is 1. The van der Waals surface area contributed by atoms with E-state index in [0.29, 0.717) is 13.0 Å². The zero-order chi connectivity index (χ0) is 16.3. The van der Waals surface area contributed by atoms with Crippen molar-refractivity contribution in [2.45, 2.75) is 25.8 Å². The SMILES string of the molecule is COc1ccc(CNCCc2cccs2)cc1OCCCC#N. The Balaban J connectivity index is 1.82. The average Bonchev–Trinajstić information content (AvgIpc) is 3.09. The van der Waals surface area contributed by atoms with E-state index in [1.165, 1.54) is 4.88 Å². The number of thiophene rings is 1. The molecule has 1 aromatic heterocycles. The number of benzene rings is 1. The molecule has 0 atom stereocenters. The van der Waals surface area contributed by atoms with Crippen LogP contribution in [0.1, 0.15) is 23.3 Å². The van der Waals surface area contributed by atoms with Gasteiger partial charge in [0.25, 0.3) is 0 Å². The largest absolute Gasteiger partial charge is 0.493 e. The molecule has 0 fully saturated rings. The Morgan fingerprint density at radius 2 is 2.17 bits per heavy atom. The Morgan fingerprint density at radius 3 is 2.91 bits per heavy atom. The fourth-order valence-electron chi connectivity index (χ4n) is 2.18. The lowest BCUT2D eigenvalue weighted by Gasteiger charge is -2.12. The molecule has 0 bridgehead atoms. The molecule has 0 saturated heterocycles.